The van der Waals surface area contributed by atoms with E-state index in [4.69, 9.17) is 9.47 Å². The maximum atomic E-state index is 14.6. The first kappa shape index (κ1) is 22.1. The van der Waals surface area contributed by atoms with Crippen molar-refractivity contribution >= 4 is 16.7 Å². The zero-order valence-corrected chi connectivity index (χ0v) is 18.0. The highest BCUT2D eigenvalue weighted by molar-refractivity contribution is 5.94. The molecule has 8 heteroatoms. The number of amides is 1. The van der Waals surface area contributed by atoms with Gasteiger partial charge in [-0.2, -0.15) is 5.10 Å². The zero-order chi connectivity index (χ0) is 22.5. The lowest BCUT2D eigenvalue weighted by molar-refractivity contribution is -0.0123. The van der Waals surface area contributed by atoms with Crippen LogP contribution in [0.3, 0.4) is 0 Å². The van der Waals surface area contributed by atoms with E-state index >= 15 is 0 Å². The van der Waals surface area contributed by atoms with Crippen LogP contribution in [0.25, 0.3) is 10.8 Å². The number of ether oxygens (including phenoxy) is 2. The van der Waals surface area contributed by atoms with Gasteiger partial charge in [-0.3, -0.25) is 9.59 Å². The first-order valence-corrected chi connectivity index (χ1v) is 10.7. The Bertz CT molecular complexity index is 1160. The van der Waals surface area contributed by atoms with Gasteiger partial charge < -0.3 is 14.4 Å². The molecule has 1 amide bonds. The van der Waals surface area contributed by atoms with E-state index in [9.17, 15) is 14.0 Å². The number of nitrogens with zero attached hydrogens (tertiary/aromatic N) is 2. The number of nitrogens with one attached hydrogen (secondary N) is 1. The highest BCUT2D eigenvalue weighted by Gasteiger charge is 2.26. The zero-order valence-electron chi connectivity index (χ0n) is 18.0. The number of fused-ring (bicyclic) bond motifs is 1. The second-order valence-electron chi connectivity index (χ2n) is 7.89. The molecule has 1 N–H and O–H groups in total. The minimum Gasteiger partial charge on any atom is -0.382 e. The number of rotatable bonds is 7. The number of halogens is 1. The fourth-order valence-electron chi connectivity index (χ4n) is 4.04. The topological polar surface area (TPSA) is 84.5 Å². The van der Waals surface area contributed by atoms with Crippen molar-refractivity contribution in [3.63, 3.8) is 0 Å². The van der Waals surface area contributed by atoms with Crippen molar-refractivity contribution in [3.05, 3.63) is 75.5 Å². The summed E-state index contributed by atoms with van der Waals surface area (Å²) >= 11 is 0. The summed E-state index contributed by atoms with van der Waals surface area (Å²) in [4.78, 5) is 26.7. The average Bonchev–Trinajstić information content (AvgIpc) is 2.82. The third kappa shape index (κ3) is 4.87. The van der Waals surface area contributed by atoms with Gasteiger partial charge in [0.05, 0.1) is 36.0 Å². The molecule has 1 aliphatic heterocycles. The first-order valence-electron chi connectivity index (χ1n) is 10.7. The van der Waals surface area contributed by atoms with E-state index < -0.39 is 5.82 Å². The van der Waals surface area contributed by atoms with Gasteiger partial charge in [-0.15, -0.1) is 0 Å². The summed E-state index contributed by atoms with van der Waals surface area (Å²) in [5, 5.41) is 7.98. The fourth-order valence-corrected chi connectivity index (χ4v) is 4.04. The normalized spacial score (nSPS) is 14.8. The van der Waals surface area contributed by atoms with Crippen molar-refractivity contribution in [2.75, 3.05) is 33.4 Å². The summed E-state index contributed by atoms with van der Waals surface area (Å²) in [7, 11) is 1.63. The summed E-state index contributed by atoms with van der Waals surface area (Å²) < 4.78 is 25.3. The van der Waals surface area contributed by atoms with Gasteiger partial charge in [0, 0.05) is 32.0 Å². The van der Waals surface area contributed by atoms with Crippen molar-refractivity contribution in [1.29, 1.82) is 0 Å². The van der Waals surface area contributed by atoms with E-state index in [-0.39, 0.29) is 23.1 Å². The highest BCUT2D eigenvalue weighted by atomic mass is 19.1. The molecule has 3 aromatic rings. The Morgan fingerprint density at radius 3 is 2.66 bits per heavy atom. The summed E-state index contributed by atoms with van der Waals surface area (Å²) in [5.41, 5.74) is 1.21. The molecule has 2 aromatic carbocycles. The second-order valence-corrected chi connectivity index (χ2v) is 7.89. The molecule has 0 unspecified atom stereocenters. The van der Waals surface area contributed by atoms with Crippen LogP contribution in [-0.4, -0.2) is 60.5 Å². The minimum atomic E-state index is -0.545. The van der Waals surface area contributed by atoms with Crippen LogP contribution in [0.1, 0.15) is 34.5 Å². The summed E-state index contributed by atoms with van der Waals surface area (Å²) in [5.74, 6) is -0.865. The number of likely N-dealkylation sites (tertiary alicyclic amines) is 1. The molecular weight excluding hydrogens is 413 g/mol. The van der Waals surface area contributed by atoms with Crippen LogP contribution in [0, 0.1) is 5.82 Å². The van der Waals surface area contributed by atoms with Crippen molar-refractivity contribution in [3.8, 4) is 0 Å². The lowest BCUT2D eigenvalue weighted by Gasteiger charge is -2.32. The number of hydrogen-bond acceptors (Lipinski definition) is 5. The van der Waals surface area contributed by atoms with Gasteiger partial charge in [0.1, 0.15) is 5.82 Å². The van der Waals surface area contributed by atoms with Crippen LogP contribution in [0.5, 0.6) is 0 Å². The predicted molar refractivity (Wildman–Crippen MR) is 118 cm³/mol. The second kappa shape index (κ2) is 10.0. The number of hydrogen-bond donors (Lipinski definition) is 1. The van der Waals surface area contributed by atoms with Gasteiger partial charge in [-0.05, 0) is 36.6 Å². The molecule has 0 aliphatic carbocycles. The van der Waals surface area contributed by atoms with E-state index in [1.807, 2.05) is 12.1 Å². The Hall–Kier alpha value is -3.10. The van der Waals surface area contributed by atoms with Crippen LogP contribution in [-0.2, 0) is 15.9 Å². The van der Waals surface area contributed by atoms with Gasteiger partial charge in [-0.1, -0.05) is 24.3 Å². The summed E-state index contributed by atoms with van der Waals surface area (Å²) in [6.07, 6.45) is 1.88. The van der Waals surface area contributed by atoms with Crippen LogP contribution < -0.4 is 5.56 Å². The molecule has 1 fully saturated rings. The molecule has 0 spiro atoms. The number of piperidine rings is 1. The van der Waals surface area contributed by atoms with Crippen LogP contribution in [0.2, 0.25) is 0 Å². The molecule has 7 nitrogen and oxygen atoms in total. The number of aromatic nitrogens is 2. The third-order valence-electron chi connectivity index (χ3n) is 5.78. The monoisotopic (exact) mass is 439 g/mol. The summed E-state index contributed by atoms with van der Waals surface area (Å²) in [6.45, 7) is 2.11. The third-order valence-corrected chi connectivity index (χ3v) is 5.78. The van der Waals surface area contributed by atoms with Crippen LogP contribution in [0.15, 0.2) is 47.3 Å². The molecule has 1 aliphatic rings. The molecule has 168 valence electrons. The molecule has 4 rings (SSSR count). The number of aromatic amines is 1. The molecule has 0 bridgehead atoms. The first-order chi connectivity index (χ1) is 15.6. The molecule has 1 aromatic heterocycles. The van der Waals surface area contributed by atoms with Crippen molar-refractivity contribution in [2.45, 2.75) is 25.4 Å². The molecule has 32 heavy (non-hydrogen) atoms. The average molecular weight is 439 g/mol. The van der Waals surface area contributed by atoms with Gasteiger partial charge in [-0.25, -0.2) is 9.49 Å². The number of carbonyl (C=O) groups is 1. The van der Waals surface area contributed by atoms with Crippen molar-refractivity contribution < 1.29 is 18.7 Å². The van der Waals surface area contributed by atoms with Crippen LogP contribution in [0.4, 0.5) is 4.39 Å². The Labute approximate surface area is 185 Å². The van der Waals surface area contributed by atoms with E-state index in [1.165, 1.54) is 6.07 Å². The molecular formula is C24H26FN3O4. The largest absolute Gasteiger partial charge is 0.382 e. The Kier molecular flexibility index (Phi) is 6.92. The SMILES string of the molecule is COCCOC1CCN(C(=O)c2cc(Cc3n[nH]c(=O)c4ccccc34)ccc2F)CC1. The molecule has 0 radical (unpaired) electrons. The maximum absolute atomic E-state index is 14.6. The quantitative estimate of drug-likeness (QED) is 0.573. The standard InChI is InChI=1S/C24H26FN3O4/c1-31-12-13-32-17-8-10-28(11-9-17)24(30)20-14-16(6-7-21(20)25)15-22-18-4-2-3-5-19(18)23(29)27-26-22/h2-7,14,17H,8-13,15H2,1H3,(H,27,29). The molecule has 1 saturated heterocycles. The van der Waals surface area contributed by atoms with E-state index in [0.717, 1.165) is 10.9 Å². The number of carbonyl (C=O) groups excluding carboxylic acids is 1. The van der Waals surface area contributed by atoms with E-state index in [0.29, 0.717) is 56.6 Å². The van der Waals surface area contributed by atoms with Gasteiger partial charge in [0.2, 0.25) is 0 Å². The lowest BCUT2D eigenvalue weighted by atomic mass is 10.0. The molecule has 0 saturated carbocycles. The van der Waals surface area contributed by atoms with Crippen molar-refractivity contribution in [2.24, 2.45) is 0 Å². The smallest absolute Gasteiger partial charge is 0.272 e. The fraction of sp³-hybridized carbons (Fsp3) is 0.375. The Morgan fingerprint density at radius 2 is 1.91 bits per heavy atom. The lowest BCUT2D eigenvalue weighted by Crippen LogP contribution is -2.41. The number of methoxy groups -OCH3 is 1. The summed E-state index contributed by atoms with van der Waals surface area (Å²) in [6, 6.07) is 11.8. The van der Waals surface area contributed by atoms with Gasteiger partial charge in [0.15, 0.2) is 0 Å². The predicted octanol–water partition coefficient (Wildman–Crippen LogP) is 2.92. The van der Waals surface area contributed by atoms with Crippen molar-refractivity contribution in [1.82, 2.24) is 15.1 Å². The van der Waals surface area contributed by atoms with E-state index in [1.54, 1.807) is 36.3 Å². The van der Waals surface area contributed by atoms with Crippen LogP contribution >= 0.6 is 0 Å². The Morgan fingerprint density at radius 1 is 1.16 bits per heavy atom. The molecule has 2 heterocycles. The molecule has 0 atom stereocenters. The van der Waals surface area contributed by atoms with Gasteiger partial charge >= 0.3 is 0 Å². The van der Waals surface area contributed by atoms with Gasteiger partial charge in [0.25, 0.3) is 11.5 Å². The Balaban J connectivity index is 1.49. The minimum absolute atomic E-state index is 0.0509. The number of H-pyrrole nitrogens is 1. The van der Waals surface area contributed by atoms with E-state index in [2.05, 4.69) is 10.2 Å². The maximum Gasteiger partial charge on any atom is 0.272 e. The highest BCUT2D eigenvalue weighted by Crippen LogP contribution is 2.21. The number of benzene rings is 2.